The van der Waals surface area contributed by atoms with Crippen LogP contribution in [0.5, 0.6) is 0 Å². The molecule has 3 heteroatoms. The van der Waals surface area contributed by atoms with Crippen LogP contribution in [-0.2, 0) is 4.79 Å². The van der Waals surface area contributed by atoms with Gasteiger partial charge in [0, 0.05) is 12.5 Å². The van der Waals surface area contributed by atoms with Gasteiger partial charge in [0.25, 0.3) is 0 Å². The Morgan fingerprint density at radius 3 is 2.53 bits per heavy atom. The number of hydrogen-bond acceptors (Lipinski definition) is 2. The molecule has 2 rings (SSSR count). The van der Waals surface area contributed by atoms with Crippen molar-refractivity contribution in [3.63, 3.8) is 0 Å². The molecule has 98 valence electrons. The minimum absolute atomic E-state index is 0.276. The molecule has 2 N–H and O–H groups in total. The van der Waals surface area contributed by atoms with E-state index in [0.29, 0.717) is 10.8 Å². The van der Waals surface area contributed by atoms with Gasteiger partial charge in [0.05, 0.1) is 0 Å². The Balaban J connectivity index is 1.77. The lowest BCUT2D eigenvalue weighted by molar-refractivity contribution is -0.123. The van der Waals surface area contributed by atoms with Crippen LogP contribution in [0.2, 0.25) is 0 Å². The molecule has 1 saturated carbocycles. The van der Waals surface area contributed by atoms with Crippen LogP contribution in [0.25, 0.3) is 0 Å². The van der Waals surface area contributed by atoms with E-state index in [1.165, 1.54) is 12.8 Å². The SMILES string of the molecule is CCC1(C)CC1C(=O)NCC1(C)CCNCC1. The molecule has 2 unspecified atom stereocenters. The van der Waals surface area contributed by atoms with Crippen molar-refractivity contribution in [3.8, 4) is 0 Å². The lowest BCUT2D eigenvalue weighted by Crippen LogP contribution is -2.43. The second-order valence-electron chi connectivity index (χ2n) is 6.54. The van der Waals surface area contributed by atoms with E-state index in [-0.39, 0.29) is 11.8 Å². The van der Waals surface area contributed by atoms with Crippen molar-refractivity contribution in [2.45, 2.75) is 46.5 Å². The average Bonchev–Trinajstić information content (AvgIpc) is 3.01. The quantitative estimate of drug-likeness (QED) is 0.786. The molecule has 0 bridgehead atoms. The summed E-state index contributed by atoms with van der Waals surface area (Å²) in [6.07, 6.45) is 4.53. The maximum atomic E-state index is 12.0. The molecule has 1 aliphatic carbocycles. The molecule has 0 aromatic heterocycles. The monoisotopic (exact) mass is 238 g/mol. The third-order valence-electron chi connectivity index (χ3n) is 4.98. The first-order valence-electron chi connectivity index (χ1n) is 6.98. The molecule has 0 aromatic carbocycles. The summed E-state index contributed by atoms with van der Waals surface area (Å²) >= 11 is 0. The first-order chi connectivity index (χ1) is 7.99. The third-order valence-corrected chi connectivity index (χ3v) is 4.98. The molecule has 1 aliphatic heterocycles. The number of hydrogen-bond donors (Lipinski definition) is 2. The van der Waals surface area contributed by atoms with Gasteiger partial charge in [0.1, 0.15) is 0 Å². The van der Waals surface area contributed by atoms with Crippen molar-refractivity contribution in [1.29, 1.82) is 0 Å². The molecule has 2 atom stereocenters. The van der Waals surface area contributed by atoms with Gasteiger partial charge in [0.15, 0.2) is 0 Å². The second-order valence-corrected chi connectivity index (χ2v) is 6.54. The first kappa shape index (κ1) is 12.9. The fourth-order valence-corrected chi connectivity index (χ4v) is 2.84. The third kappa shape index (κ3) is 2.82. The van der Waals surface area contributed by atoms with Gasteiger partial charge < -0.3 is 10.6 Å². The molecule has 1 saturated heterocycles. The van der Waals surface area contributed by atoms with Crippen LogP contribution in [0.1, 0.15) is 46.5 Å². The Bertz CT molecular complexity index is 297. The lowest BCUT2D eigenvalue weighted by Gasteiger charge is -2.34. The predicted octanol–water partition coefficient (Wildman–Crippen LogP) is 1.93. The Labute approximate surface area is 105 Å². The molecule has 0 spiro atoms. The summed E-state index contributed by atoms with van der Waals surface area (Å²) in [5, 5.41) is 6.55. The molecule has 17 heavy (non-hydrogen) atoms. The van der Waals surface area contributed by atoms with Crippen LogP contribution >= 0.6 is 0 Å². The Morgan fingerprint density at radius 2 is 2.00 bits per heavy atom. The summed E-state index contributed by atoms with van der Waals surface area (Å²) in [6, 6.07) is 0. The standard InChI is InChI=1S/C14H26N2O/c1-4-14(3)9-11(14)12(17)16-10-13(2)5-7-15-8-6-13/h11,15H,4-10H2,1-3H3,(H,16,17). The largest absolute Gasteiger partial charge is 0.355 e. The van der Waals surface area contributed by atoms with E-state index in [9.17, 15) is 4.79 Å². The molecule has 0 radical (unpaired) electrons. The topological polar surface area (TPSA) is 41.1 Å². The number of carbonyl (C=O) groups excluding carboxylic acids is 1. The van der Waals surface area contributed by atoms with E-state index in [2.05, 4.69) is 31.4 Å². The zero-order valence-electron chi connectivity index (χ0n) is 11.4. The fourth-order valence-electron chi connectivity index (χ4n) is 2.84. The van der Waals surface area contributed by atoms with Crippen LogP contribution in [0.4, 0.5) is 0 Å². The highest BCUT2D eigenvalue weighted by Crippen LogP contribution is 2.54. The predicted molar refractivity (Wildman–Crippen MR) is 69.7 cm³/mol. The lowest BCUT2D eigenvalue weighted by atomic mass is 9.81. The van der Waals surface area contributed by atoms with Crippen molar-refractivity contribution in [1.82, 2.24) is 10.6 Å². The number of piperidine rings is 1. The van der Waals surface area contributed by atoms with Gasteiger partial charge in [-0.2, -0.15) is 0 Å². The summed E-state index contributed by atoms with van der Waals surface area (Å²) in [4.78, 5) is 12.0. The zero-order chi connectivity index (χ0) is 12.5. The Morgan fingerprint density at radius 1 is 1.35 bits per heavy atom. The van der Waals surface area contributed by atoms with Crippen molar-refractivity contribution >= 4 is 5.91 Å². The highest BCUT2D eigenvalue weighted by Gasteiger charge is 2.52. The molecule has 1 amide bonds. The first-order valence-corrected chi connectivity index (χ1v) is 6.98. The smallest absolute Gasteiger partial charge is 0.223 e. The number of nitrogens with one attached hydrogen (secondary N) is 2. The fraction of sp³-hybridized carbons (Fsp3) is 0.929. The highest BCUT2D eigenvalue weighted by atomic mass is 16.2. The van der Waals surface area contributed by atoms with Gasteiger partial charge in [-0.05, 0) is 49.6 Å². The Kier molecular flexibility index (Phi) is 3.48. The summed E-state index contributed by atoms with van der Waals surface area (Å²) in [7, 11) is 0. The molecule has 2 aliphatic rings. The summed E-state index contributed by atoms with van der Waals surface area (Å²) in [5.74, 6) is 0.562. The normalized spacial score (nSPS) is 35.4. The number of carbonyl (C=O) groups is 1. The molecule has 2 fully saturated rings. The summed E-state index contributed by atoms with van der Waals surface area (Å²) in [6.45, 7) is 9.72. The van der Waals surface area contributed by atoms with Gasteiger partial charge in [-0.3, -0.25) is 4.79 Å². The number of rotatable bonds is 4. The van der Waals surface area contributed by atoms with Crippen molar-refractivity contribution < 1.29 is 4.79 Å². The highest BCUT2D eigenvalue weighted by molar-refractivity contribution is 5.82. The van der Waals surface area contributed by atoms with Crippen LogP contribution in [0.3, 0.4) is 0 Å². The van der Waals surface area contributed by atoms with Crippen LogP contribution in [0, 0.1) is 16.7 Å². The van der Waals surface area contributed by atoms with Crippen LogP contribution in [-0.4, -0.2) is 25.5 Å². The van der Waals surface area contributed by atoms with Gasteiger partial charge >= 0.3 is 0 Å². The minimum Gasteiger partial charge on any atom is -0.355 e. The van der Waals surface area contributed by atoms with Gasteiger partial charge in [-0.1, -0.05) is 20.8 Å². The number of amides is 1. The van der Waals surface area contributed by atoms with Crippen LogP contribution in [0.15, 0.2) is 0 Å². The average molecular weight is 238 g/mol. The van der Waals surface area contributed by atoms with Gasteiger partial charge in [-0.15, -0.1) is 0 Å². The van der Waals surface area contributed by atoms with E-state index in [0.717, 1.165) is 32.5 Å². The minimum atomic E-state index is 0.276. The van der Waals surface area contributed by atoms with E-state index in [1.54, 1.807) is 0 Å². The van der Waals surface area contributed by atoms with Gasteiger partial charge in [-0.25, -0.2) is 0 Å². The molecular formula is C14H26N2O. The van der Waals surface area contributed by atoms with Crippen molar-refractivity contribution in [3.05, 3.63) is 0 Å². The Hall–Kier alpha value is -0.570. The van der Waals surface area contributed by atoms with E-state index in [4.69, 9.17) is 0 Å². The maximum absolute atomic E-state index is 12.0. The van der Waals surface area contributed by atoms with Crippen molar-refractivity contribution in [2.75, 3.05) is 19.6 Å². The van der Waals surface area contributed by atoms with E-state index in [1.807, 2.05) is 0 Å². The molecule has 1 heterocycles. The molecular weight excluding hydrogens is 212 g/mol. The maximum Gasteiger partial charge on any atom is 0.223 e. The molecule has 0 aromatic rings. The van der Waals surface area contributed by atoms with E-state index >= 15 is 0 Å². The van der Waals surface area contributed by atoms with Gasteiger partial charge in [0.2, 0.25) is 5.91 Å². The van der Waals surface area contributed by atoms with Crippen molar-refractivity contribution in [2.24, 2.45) is 16.7 Å². The summed E-state index contributed by atoms with van der Waals surface area (Å²) < 4.78 is 0. The zero-order valence-corrected chi connectivity index (χ0v) is 11.4. The second kappa shape index (κ2) is 4.60. The van der Waals surface area contributed by atoms with Crippen LogP contribution < -0.4 is 10.6 Å². The summed E-state index contributed by atoms with van der Waals surface area (Å²) in [5.41, 5.74) is 0.595. The molecule has 3 nitrogen and oxygen atoms in total. The van der Waals surface area contributed by atoms with E-state index < -0.39 is 0 Å².